The van der Waals surface area contributed by atoms with E-state index in [1.165, 1.54) is 0 Å². The molecule has 0 atom stereocenters. The van der Waals surface area contributed by atoms with Gasteiger partial charge in [0.2, 0.25) is 11.7 Å². The van der Waals surface area contributed by atoms with Crippen molar-refractivity contribution >= 4 is 11.8 Å². The Labute approximate surface area is 81.9 Å². The molecule has 0 radical (unpaired) electrons. The number of hydrogen-bond donors (Lipinski definition) is 4. The molecule has 0 aromatic heterocycles. The molecule has 0 spiro atoms. The summed E-state index contributed by atoms with van der Waals surface area (Å²) >= 11 is 0. The maximum absolute atomic E-state index is 10.4. The number of rotatable bonds is 7. The van der Waals surface area contributed by atoms with Gasteiger partial charge >= 0.3 is 0 Å². The quantitative estimate of drug-likeness (QED) is 0.300. The van der Waals surface area contributed by atoms with Crippen molar-refractivity contribution in [2.75, 3.05) is 0 Å². The zero-order valence-corrected chi connectivity index (χ0v) is 7.90. The molecule has 0 aromatic rings. The molecule has 14 heavy (non-hydrogen) atoms. The Balaban J connectivity index is 3.54. The molecule has 0 bridgehead atoms. The molecule has 6 N–H and O–H groups in total. The van der Waals surface area contributed by atoms with Crippen molar-refractivity contribution < 1.29 is 19.8 Å². The second-order valence-corrected chi connectivity index (χ2v) is 3.21. The van der Waals surface area contributed by atoms with E-state index in [2.05, 4.69) is 0 Å². The Morgan fingerprint density at radius 2 is 1.64 bits per heavy atom. The second-order valence-electron chi connectivity index (χ2n) is 3.21. The molecule has 6 heteroatoms. The van der Waals surface area contributed by atoms with Gasteiger partial charge in [0.25, 0.3) is 5.91 Å². The van der Waals surface area contributed by atoms with Crippen molar-refractivity contribution in [2.45, 2.75) is 37.9 Å². The number of carbonyl (C=O) groups excluding carboxylic acids is 2. The molecular formula is C8H16N2O4. The summed E-state index contributed by atoms with van der Waals surface area (Å²) in [6.45, 7) is 0. The highest BCUT2D eigenvalue weighted by Crippen LogP contribution is 2.12. The van der Waals surface area contributed by atoms with Crippen LogP contribution in [0, 0.1) is 0 Å². The fourth-order valence-electron chi connectivity index (χ4n) is 0.971. The summed E-state index contributed by atoms with van der Waals surface area (Å²) in [5.74, 6) is -3.99. The van der Waals surface area contributed by atoms with Gasteiger partial charge in [0.1, 0.15) is 0 Å². The van der Waals surface area contributed by atoms with Gasteiger partial charge < -0.3 is 21.7 Å². The van der Waals surface area contributed by atoms with Gasteiger partial charge in [-0.3, -0.25) is 9.59 Å². The van der Waals surface area contributed by atoms with Gasteiger partial charge in [-0.1, -0.05) is 6.42 Å². The van der Waals surface area contributed by atoms with Gasteiger partial charge in [-0.15, -0.1) is 0 Å². The van der Waals surface area contributed by atoms with E-state index >= 15 is 0 Å². The van der Waals surface area contributed by atoms with Crippen molar-refractivity contribution in [3.63, 3.8) is 0 Å². The van der Waals surface area contributed by atoms with Crippen LogP contribution in [0.3, 0.4) is 0 Å². The number of amides is 2. The highest BCUT2D eigenvalue weighted by molar-refractivity contribution is 5.81. The van der Waals surface area contributed by atoms with Gasteiger partial charge in [-0.2, -0.15) is 0 Å². The van der Waals surface area contributed by atoms with Crippen LogP contribution in [0.2, 0.25) is 0 Å². The van der Waals surface area contributed by atoms with Gasteiger partial charge in [-0.25, -0.2) is 0 Å². The van der Waals surface area contributed by atoms with E-state index in [0.717, 1.165) is 0 Å². The smallest absolute Gasteiger partial charge is 0.277 e. The SMILES string of the molecule is NC(=O)CCCCCC(O)(O)C(N)=O. The van der Waals surface area contributed by atoms with Crippen molar-refractivity contribution in [1.82, 2.24) is 0 Å². The fourth-order valence-corrected chi connectivity index (χ4v) is 0.971. The van der Waals surface area contributed by atoms with Crippen LogP contribution in [0.1, 0.15) is 32.1 Å². The Morgan fingerprint density at radius 1 is 1.07 bits per heavy atom. The minimum Gasteiger partial charge on any atom is -0.370 e. The number of carbonyl (C=O) groups is 2. The lowest BCUT2D eigenvalue weighted by Gasteiger charge is -2.16. The average Bonchev–Trinajstić information content (AvgIpc) is 2.02. The summed E-state index contributed by atoms with van der Waals surface area (Å²) in [5.41, 5.74) is 9.62. The van der Waals surface area contributed by atoms with Gasteiger partial charge in [0, 0.05) is 12.8 Å². The highest BCUT2D eigenvalue weighted by atomic mass is 16.5. The third-order valence-corrected chi connectivity index (χ3v) is 1.84. The summed E-state index contributed by atoms with van der Waals surface area (Å²) in [6, 6.07) is 0. The van der Waals surface area contributed by atoms with Gasteiger partial charge in [-0.05, 0) is 12.8 Å². The lowest BCUT2D eigenvalue weighted by molar-refractivity contribution is -0.184. The predicted octanol–water partition coefficient (Wildman–Crippen LogP) is -1.41. The Bertz CT molecular complexity index is 215. The summed E-state index contributed by atoms with van der Waals surface area (Å²) in [7, 11) is 0. The first kappa shape index (κ1) is 12.9. The Morgan fingerprint density at radius 3 is 2.07 bits per heavy atom. The normalized spacial score (nSPS) is 11.3. The molecule has 0 aliphatic rings. The summed E-state index contributed by atoms with van der Waals surface area (Å²) in [5, 5.41) is 18.0. The first-order valence-corrected chi connectivity index (χ1v) is 4.39. The molecule has 0 heterocycles. The maximum atomic E-state index is 10.4. The van der Waals surface area contributed by atoms with Crippen molar-refractivity contribution in [1.29, 1.82) is 0 Å². The van der Waals surface area contributed by atoms with E-state index in [9.17, 15) is 9.59 Å². The average molecular weight is 204 g/mol. The van der Waals surface area contributed by atoms with Crippen LogP contribution >= 0.6 is 0 Å². The topological polar surface area (TPSA) is 127 Å². The summed E-state index contributed by atoms with van der Waals surface area (Å²) in [4.78, 5) is 20.8. The van der Waals surface area contributed by atoms with E-state index in [1.807, 2.05) is 0 Å². The van der Waals surface area contributed by atoms with Crippen LogP contribution in [0.15, 0.2) is 0 Å². The number of primary amides is 2. The van der Waals surface area contributed by atoms with E-state index in [0.29, 0.717) is 19.3 Å². The summed E-state index contributed by atoms with van der Waals surface area (Å²) < 4.78 is 0. The molecular weight excluding hydrogens is 188 g/mol. The third kappa shape index (κ3) is 5.50. The molecule has 82 valence electrons. The molecule has 2 amide bonds. The molecule has 0 fully saturated rings. The Hall–Kier alpha value is -1.14. The fraction of sp³-hybridized carbons (Fsp3) is 0.750. The lowest BCUT2D eigenvalue weighted by Crippen LogP contribution is -2.43. The standard InChI is InChI=1S/C8H16N2O4/c9-6(11)4-2-1-3-5-8(13,14)7(10)12/h13-14H,1-5H2,(H2,9,11)(H2,10,12). The highest BCUT2D eigenvalue weighted by Gasteiger charge is 2.29. The largest absolute Gasteiger partial charge is 0.370 e. The number of unbranched alkanes of at least 4 members (excludes halogenated alkanes) is 2. The van der Waals surface area contributed by atoms with Crippen LogP contribution in [0.5, 0.6) is 0 Å². The van der Waals surface area contributed by atoms with Gasteiger partial charge in [0.15, 0.2) is 0 Å². The van der Waals surface area contributed by atoms with Crippen LogP contribution in [0.25, 0.3) is 0 Å². The molecule has 6 nitrogen and oxygen atoms in total. The molecule has 0 aromatic carbocycles. The lowest BCUT2D eigenvalue weighted by atomic mass is 10.1. The summed E-state index contributed by atoms with van der Waals surface area (Å²) in [6.07, 6.45) is 1.72. The minimum atomic E-state index is -2.44. The van der Waals surface area contributed by atoms with Crippen molar-refractivity contribution in [3.05, 3.63) is 0 Å². The molecule has 0 aliphatic heterocycles. The van der Waals surface area contributed by atoms with Crippen LogP contribution in [-0.4, -0.2) is 27.8 Å². The van der Waals surface area contributed by atoms with Crippen molar-refractivity contribution in [2.24, 2.45) is 11.5 Å². The van der Waals surface area contributed by atoms with E-state index in [4.69, 9.17) is 21.7 Å². The molecule has 0 unspecified atom stereocenters. The number of nitrogens with two attached hydrogens (primary N) is 2. The number of aliphatic hydroxyl groups is 2. The molecule has 0 saturated carbocycles. The van der Waals surface area contributed by atoms with E-state index < -0.39 is 11.7 Å². The van der Waals surface area contributed by atoms with Gasteiger partial charge in [0.05, 0.1) is 0 Å². The molecule has 0 rings (SSSR count). The van der Waals surface area contributed by atoms with Crippen molar-refractivity contribution in [3.8, 4) is 0 Å². The minimum absolute atomic E-state index is 0.124. The van der Waals surface area contributed by atoms with Crippen LogP contribution in [0.4, 0.5) is 0 Å². The first-order valence-electron chi connectivity index (χ1n) is 4.39. The Kier molecular flexibility index (Phi) is 5.11. The molecule has 0 aliphatic carbocycles. The van der Waals surface area contributed by atoms with Crippen LogP contribution < -0.4 is 11.5 Å². The number of hydrogen-bond acceptors (Lipinski definition) is 4. The monoisotopic (exact) mass is 204 g/mol. The van der Waals surface area contributed by atoms with E-state index in [1.54, 1.807) is 0 Å². The maximum Gasteiger partial charge on any atom is 0.277 e. The zero-order valence-electron chi connectivity index (χ0n) is 7.90. The zero-order chi connectivity index (χ0) is 11.2. The third-order valence-electron chi connectivity index (χ3n) is 1.84. The first-order chi connectivity index (χ1) is 6.36. The van der Waals surface area contributed by atoms with E-state index in [-0.39, 0.29) is 18.7 Å². The second kappa shape index (κ2) is 5.56. The van der Waals surface area contributed by atoms with Crippen LogP contribution in [-0.2, 0) is 9.59 Å². The predicted molar refractivity (Wildman–Crippen MR) is 48.6 cm³/mol. The molecule has 0 saturated heterocycles.